The summed E-state index contributed by atoms with van der Waals surface area (Å²) in [4.78, 5) is 6.34. The molecule has 16 heavy (non-hydrogen) atoms. The quantitative estimate of drug-likeness (QED) is 0.775. The van der Waals surface area contributed by atoms with E-state index in [4.69, 9.17) is 0 Å². The van der Waals surface area contributed by atoms with Gasteiger partial charge in [-0.25, -0.2) is 0 Å². The standard InChI is InChI=1S/C13H20N2O/c1-5-13(16)12-7-6-11(8-14-12)15(4)9-10(2)3/h6-8,13,16H,2,5,9H2,1,3-4H3/t13-/m1/s1. The van der Waals surface area contributed by atoms with Crippen molar-refractivity contribution in [2.24, 2.45) is 0 Å². The smallest absolute Gasteiger partial charge is 0.0957 e. The number of hydrogen-bond acceptors (Lipinski definition) is 3. The van der Waals surface area contributed by atoms with Crippen LogP contribution in [-0.4, -0.2) is 23.7 Å². The van der Waals surface area contributed by atoms with Crippen molar-refractivity contribution in [2.75, 3.05) is 18.5 Å². The van der Waals surface area contributed by atoms with Gasteiger partial charge in [0.25, 0.3) is 0 Å². The van der Waals surface area contributed by atoms with E-state index in [0.717, 1.165) is 23.5 Å². The Bertz CT molecular complexity index is 345. The van der Waals surface area contributed by atoms with Crippen LogP contribution in [0.4, 0.5) is 5.69 Å². The Balaban J connectivity index is 2.74. The number of aliphatic hydroxyl groups is 1. The first-order chi connectivity index (χ1) is 7.54. The molecule has 0 saturated carbocycles. The number of rotatable bonds is 5. The molecule has 1 aromatic rings. The minimum Gasteiger partial charge on any atom is -0.387 e. The Morgan fingerprint density at radius 3 is 2.69 bits per heavy atom. The summed E-state index contributed by atoms with van der Waals surface area (Å²) in [6.45, 7) is 8.63. The van der Waals surface area contributed by atoms with Crippen molar-refractivity contribution in [1.29, 1.82) is 0 Å². The molecule has 0 radical (unpaired) electrons. The molecule has 0 aliphatic heterocycles. The number of hydrogen-bond donors (Lipinski definition) is 1. The van der Waals surface area contributed by atoms with Crippen molar-refractivity contribution >= 4 is 5.69 Å². The summed E-state index contributed by atoms with van der Waals surface area (Å²) in [6.07, 6.45) is 2.02. The monoisotopic (exact) mass is 220 g/mol. The maximum Gasteiger partial charge on any atom is 0.0957 e. The first-order valence-electron chi connectivity index (χ1n) is 5.54. The van der Waals surface area contributed by atoms with Crippen LogP contribution in [-0.2, 0) is 0 Å². The van der Waals surface area contributed by atoms with Gasteiger partial charge in [-0.2, -0.15) is 0 Å². The lowest BCUT2D eigenvalue weighted by molar-refractivity contribution is 0.169. The summed E-state index contributed by atoms with van der Waals surface area (Å²) in [5.74, 6) is 0. The fourth-order valence-corrected chi connectivity index (χ4v) is 1.53. The van der Waals surface area contributed by atoms with Crippen LogP contribution >= 0.6 is 0 Å². The number of aliphatic hydroxyl groups excluding tert-OH is 1. The van der Waals surface area contributed by atoms with Crippen molar-refractivity contribution in [3.05, 3.63) is 36.2 Å². The van der Waals surface area contributed by atoms with Gasteiger partial charge >= 0.3 is 0 Å². The van der Waals surface area contributed by atoms with Crippen molar-refractivity contribution in [3.8, 4) is 0 Å². The maximum atomic E-state index is 9.61. The minimum absolute atomic E-state index is 0.458. The van der Waals surface area contributed by atoms with Gasteiger partial charge in [0, 0.05) is 13.6 Å². The molecule has 0 bridgehead atoms. The van der Waals surface area contributed by atoms with Gasteiger partial charge in [-0.3, -0.25) is 4.98 Å². The fourth-order valence-electron chi connectivity index (χ4n) is 1.53. The highest BCUT2D eigenvalue weighted by Crippen LogP contribution is 2.17. The molecule has 3 heteroatoms. The molecule has 1 N–H and O–H groups in total. The molecule has 1 aromatic heterocycles. The van der Waals surface area contributed by atoms with Gasteiger partial charge in [0.05, 0.1) is 23.7 Å². The zero-order chi connectivity index (χ0) is 12.1. The lowest BCUT2D eigenvalue weighted by atomic mass is 10.2. The van der Waals surface area contributed by atoms with Gasteiger partial charge in [0.15, 0.2) is 0 Å². The van der Waals surface area contributed by atoms with Crippen LogP contribution in [0.3, 0.4) is 0 Å². The normalized spacial score (nSPS) is 12.2. The van der Waals surface area contributed by atoms with Crippen molar-refractivity contribution in [3.63, 3.8) is 0 Å². The molecule has 1 rings (SSSR count). The molecule has 0 aromatic carbocycles. The average Bonchev–Trinajstić information content (AvgIpc) is 2.27. The molecule has 0 aliphatic rings. The van der Waals surface area contributed by atoms with E-state index in [2.05, 4.69) is 16.5 Å². The number of nitrogens with zero attached hydrogens (tertiary/aromatic N) is 2. The van der Waals surface area contributed by atoms with E-state index in [9.17, 15) is 5.11 Å². The van der Waals surface area contributed by atoms with E-state index >= 15 is 0 Å². The first kappa shape index (κ1) is 12.7. The number of aromatic nitrogens is 1. The zero-order valence-electron chi connectivity index (χ0n) is 10.3. The average molecular weight is 220 g/mol. The van der Waals surface area contributed by atoms with Gasteiger partial charge in [0.2, 0.25) is 0 Å². The van der Waals surface area contributed by atoms with Gasteiger partial charge in [-0.1, -0.05) is 19.1 Å². The van der Waals surface area contributed by atoms with Crippen molar-refractivity contribution in [1.82, 2.24) is 4.98 Å². The summed E-state index contributed by atoms with van der Waals surface area (Å²) < 4.78 is 0. The molecule has 0 fully saturated rings. The van der Waals surface area contributed by atoms with Gasteiger partial charge in [-0.15, -0.1) is 0 Å². The summed E-state index contributed by atoms with van der Waals surface area (Å²) in [6, 6.07) is 3.85. The number of likely N-dealkylation sites (N-methyl/N-ethyl adjacent to an activating group) is 1. The summed E-state index contributed by atoms with van der Waals surface area (Å²) >= 11 is 0. The highest BCUT2D eigenvalue weighted by molar-refractivity contribution is 5.44. The van der Waals surface area contributed by atoms with Crippen LogP contribution in [0.1, 0.15) is 32.1 Å². The Morgan fingerprint density at radius 1 is 1.56 bits per heavy atom. The summed E-state index contributed by atoms with van der Waals surface area (Å²) in [7, 11) is 2.00. The Hall–Kier alpha value is -1.35. The fraction of sp³-hybridized carbons (Fsp3) is 0.462. The van der Waals surface area contributed by atoms with Crippen molar-refractivity contribution in [2.45, 2.75) is 26.4 Å². The topological polar surface area (TPSA) is 36.4 Å². The van der Waals surface area contributed by atoms with E-state index < -0.39 is 6.10 Å². The van der Waals surface area contributed by atoms with Gasteiger partial charge in [-0.05, 0) is 25.5 Å². The molecule has 0 spiro atoms. The molecule has 1 atom stereocenters. The van der Waals surface area contributed by atoms with E-state index in [0.29, 0.717) is 6.42 Å². The Morgan fingerprint density at radius 2 is 2.25 bits per heavy atom. The molecule has 0 unspecified atom stereocenters. The van der Waals surface area contributed by atoms with E-state index in [-0.39, 0.29) is 0 Å². The van der Waals surface area contributed by atoms with Gasteiger partial charge in [0.1, 0.15) is 0 Å². The van der Waals surface area contributed by atoms with E-state index in [1.807, 2.05) is 33.0 Å². The lowest BCUT2D eigenvalue weighted by Gasteiger charge is -2.19. The molecule has 0 saturated heterocycles. The first-order valence-corrected chi connectivity index (χ1v) is 5.54. The molecule has 88 valence electrons. The second-order valence-electron chi connectivity index (χ2n) is 4.18. The Labute approximate surface area is 97.4 Å². The molecular formula is C13H20N2O. The molecular weight excluding hydrogens is 200 g/mol. The highest BCUT2D eigenvalue weighted by atomic mass is 16.3. The second kappa shape index (κ2) is 5.66. The minimum atomic E-state index is -0.458. The second-order valence-corrected chi connectivity index (χ2v) is 4.18. The number of pyridine rings is 1. The summed E-state index contributed by atoms with van der Waals surface area (Å²) in [5, 5.41) is 9.61. The SMILES string of the molecule is C=C(C)CN(C)c1ccc([C@H](O)CC)nc1. The van der Waals surface area contributed by atoms with Crippen LogP contribution < -0.4 is 4.90 Å². The molecule has 0 amide bonds. The third-order valence-corrected chi connectivity index (χ3v) is 2.45. The maximum absolute atomic E-state index is 9.61. The predicted molar refractivity (Wildman–Crippen MR) is 67.6 cm³/mol. The van der Waals surface area contributed by atoms with Crippen LogP contribution in [0.2, 0.25) is 0 Å². The largest absolute Gasteiger partial charge is 0.387 e. The van der Waals surface area contributed by atoms with Crippen LogP contribution in [0.5, 0.6) is 0 Å². The van der Waals surface area contributed by atoms with Crippen molar-refractivity contribution < 1.29 is 5.11 Å². The van der Waals surface area contributed by atoms with Crippen LogP contribution in [0.15, 0.2) is 30.5 Å². The molecule has 1 heterocycles. The molecule has 3 nitrogen and oxygen atoms in total. The highest BCUT2D eigenvalue weighted by Gasteiger charge is 2.07. The van der Waals surface area contributed by atoms with Gasteiger partial charge < -0.3 is 10.0 Å². The lowest BCUT2D eigenvalue weighted by Crippen LogP contribution is -2.19. The van der Waals surface area contributed by atoms with E-state index in [1.165, 1.54) is 0 Å². The van der Waals surface area contributed by atoms with E-state index in [1.54, 1.807) is 6.20 Å². The third-order valence-electron chi connectivity index (χ3n) is 2.45. The predicted octanol–water partition coefficient (Wildman–Crippen LogP) is 2.54. The Kier molecular flexibility index (Phi) is 4.50. The third kappa shape index (κ3) is 3.35. The summed E-state index contributed by atoms with van der Waals surface area (Å²) in [5.41, 5.74) is 2.88. The van der Waals surface area contributed by atoms with Crippen LogP contribution in [0, 0.1) is 0 Å². The zero-order valence-corrected chi connectivity index (χ0v) is 10.3. The van der Waals surface area contributed by atoms with Crippen LogP contribution in [0.25, 0.3) is 0 Å². The number of anilines is 1. The molecule has 0 aliphatic carbocycles.